The Labute approximate surface area is 104 Å². The lowest BCUT2D eigenvalue weighted by atomic mass is 10.0. The Morgan fingerprint density at radius 2 is 2.00 bits per heavy atom. The fourth-order valence-corrected chi connectivity index (χ4v) is 1.61. The van der Waals surface area contributed by atoms with Crippen molar-refractivity contribution in [3.8, 4) is 5.75 Å². The van der Waals surface area contributed by atoms with Gasteiger partial charge in [0.2, 0.25) is 5.54 Å². The molecule has 0 aromatic heterocycles. The van der Waals surface area contributed by atoms with Crippen molar-refractivity contribution in [3.05, 3.63) is 40.7 Å². The minimum Gasteiger partial charge on any atom is -0.493 e. The van der Waals surface area contributed by atoms with Gasteiger partial charge in [-0.1, -0.05) is 12.1 Å². The Balaban J connectivity index is 2.42. The summed E-state index contributed by atoms with van der Waals surface area (Å²) in [6, 6.07) is 6.23. The van der Waals surface area contributed by atoms with Crippen molar-refractivity contribution in [2.45, 2.75) is 46.1 Å². The van der Waals surface area contributed by atoms with Crippen LogP contribution in [0.25, 0.3) is 4.85 Å². The summed E-state index contributed by atoms with van der Waals surface area (Å²) < 4.78 is 5.75. The van der Waals surface area contributed by atoms with Gasteiger partial charge in [0, 0.05) is 20.3 Å². The zero-order valence-electron chi connectivity index (χ0n) is 11.2. The molecule has 0 saturated carbocycles. The van der Waals surface area contributed by atoms with Crippen LogP contribution in [0.3, 0.4) is 0 Å². The third-order valence-corrected chi connectivity index (χ3v) is 2.84. The van der Waals surface area contributed by atoms with Gasteiger partial charge in [0.05, 0.1) is 6.61 Å². The predicted molar refractivity (Wildman–Crippen MR) is 71.3 cm³/mol. The first-order chi connectivity index (χ1) is 7.94. The van der Waals surface area contributed by atoms with Crippen LogP contribution in [0.1, 0.15) is 37.8 Å². The van der Waals surface area contributed by atoms with Crippen LogP contribution in [-0.2, 0) is 0 Å². The number of hydrogen-bond donors (Lipinski definition) is 0. The van der Waals surface area contributed by atoms with E-state index >= 15 is 0 Å². The Morgan fingerprint density at radius 1 is 1.29 bits per heavy atom. The normalized spacial score (nSPS) is 11.0. The zero-order valence-corrected chi connectivity index (χ0v) is 11.2. The number of benzene rings is 1. The minimum absolute atomic E-state index is 0.259. The summed E-state index contributed by atoms with van der Waals surface area (Å²) in [6.07, 6.45) is 1.80. The molecule has 0 aliphatic carbocycles. The van der Waals surface area contributed by atoms with Gasteiger partial charge in [-0.05, 0) is 37.5 Å². The average molecular weight is 231 g/mol. The van der Waals surface area contributed by atoms with E-state index in [9.17, 15) is 0 Å². The number of aryl methyl sites for hydroxylation is 2. The van der Waals surface area contributed by atoms with Gasteiger partial charge in [0.15, 0.2) is 0 Å². The number of rotatable bonds is 5. The second-order valence-electron chi connectivity index (χ2n) is 5.15. The molecule has 1 rings (SSSR count). The molecule has 0 aliphatic heterocycles. The van der Waals surface area contributed by atoms with Gasteiger partial charge in [0.25, 0.3) is 0 Å². The molecule has 0 unspecified atom stereocenters. The van der Waals surface area contributed by atoms with Crippen LogP contribution in [0.2, 0.25) is 0 Å². The van der Waals surface area contributed by atoms with Gasteiger partial charge in [-0.3, -0.25) is 0 Å². The van der Waals surface area contributed by atoms with Crippen molar-refractivity contribution in [2.24, 2.45) is 0 Å². The van der Waals surface area contributed by atoms with Crippen molar-refractivity contribution in [1.82, 2.24) is 0 Å². The van der Waals surface area contributed by atoms with E-state index in [-0.39, 0.29) is 5.54 Å². The molecule has 0 saturated heterocycles. The van der Waals surface area contributed by atoms with Crippen LogP contribution >= 0.6 is 0 Å². The second-order valence-corrected chi connectivity index (χ2v) is 5.15. The van der Waals surface area contributed by atoms with E-state index in [1.54, 1.807) is 0 Å². The average Bonchev–Trinajstić information content (AvgIpc) is 2.29. The van der Waals surface area contributed by atoms with Crippen molar-refractivity contribution >= 4 is 0 Å². The smallest absolute Gasteiger partial charge is 0.227 e. The molecule has 0 heterocycles. The van der Waals surface area contributed by atoms with Crippen LogP contribution in [0, 0.1) is 20.4 Å². The molecule has 0 aliphatic rings. The van der Waals surface area contributed by atoms with Crippen LogP contribution in [0.15, 0.2) is 18.2 Å². The first kappa shape index (κ1) is 13.6. The lowest BCUT2D eigenvalue weighted by Gasteiger charge is -2.13. The number of hydrogen-bond acceptors (Lipinski definition) is 1. The number of ether oxygens (including phenoxy) is 1. The van der Waals surface area contributed by atoms with E-state index < -0.39 is 0 Å². The maximum atomic E-state index is 7.05. The van der Waals surface area contributed by atoms with Gasteiger partial charge in [0.1, 0.15) is 5.75 Å². The lowest BCUT2D eigenvalue weighted by molar-refractivity contribution is 0.294. The molecule has 0 bridgehead atoms. The SMILES string of the molecule is [C-]#[N+]C(C)(C)CCCOc1cc(C)ccc1C. The van der Waals surface area contributed by atoms with Crippen molar-refractivity contribution in [1.29, 1.82) is 0 Å². The summed E-state index contributed by atoms with van der Waals surface area (Å²) >= 11 is 0. The van der Waals surface area contributed by atoms with Gasteiger partial charge in [-0.15, -0.1) is 0 Å². The molecule has 0 spiro atoms. The van der Waals surface area contributed by atoms with E-state index in [1.165, 1.54) is 11.1 Å². The molecule has 17 heavy (non-hydrogen) atoms. The Morgan fingerprint density at radius 3 is 2.65 bits per heavy atom. The molecule has 0 atom stereocenters. The van der Waals surface area contributed by atoms with Gasteiger partial charge in [-0.25, -0.2) is 6.57 Å². The lowest BCUT2D eigenvalue weighted by Crippen LogP contribution is -2.15. The van der Waals surface area contributed by atoms with Crippen LogP contribution in [-0.4, -0.2) is 12.1 Å². The van der Waals surface area contributed by atoms with E-state index in [1.807, 2.05) is 13.8 Å². The molecule has 1 aromatic carbocycles. The van der Waals surface area contributed by atoms with Gasteiger partial charge in [-0.2, -0.15) is 0 Å². The molecule has 0 radical (unpaired) electrons. The highest BCUT2D eigenvalue weighted by molar-refractivity contribution is 5.35. The molecule has 92 valence electrons. The molecule has 1 aromatic rings. The summed E-state index contributed by atoms with van der Waals surface area (Å²) in [5.74, 6) is 0.964. The first-order valence-corrected chi connectivity index (χ1v) is 6.03. The molecule has 0 fully saturated rings. The van der Waals surface area contributed by atoms with Crippen molar-refractivity contribution in [3.63, 3.8) is 0 Å². The Hall–Kier alpha value is -1.49. The summed E-state index contributed by atoms with van der Waals surface area (Å²) in [7, 11) is 0. The highest BCUT2D eigenvalue weighted by Gasteiger charge is 2.21. The van der Waals surface area contributed by atoms with Gasteiger partial charge >= 0.3 is 0 Å². The minimum atomic E-state index is -0.259. The fourth-order valence-electron chi connectivity index (χ4n) is 1.61. The summed E-state index contributed by atoms with van der Waals surface area (Å²) in [6.45, 7) is 15.8. The third kappa shape index (κ3) is 4.48. The molecule has 2 heteroatoms. The van der Waals surface area contributed by atoms with Crippen molar-refractivity contribution < 1.29 is 4.74 Å². The summed E-state index contributed by atoms with van der Waals surface area (Å²) in [4.78, 5) is 3.59. The highest BCUT2D eigenvalue weighted by atomic mass is 16.5. The first-order valence-electron chi connectivity index (χ1n) is 6.03. The predicted octanol–water partition coefficient (Wildman–Crippen LogP) is 4.16. The maximum absolute atomic E-state index is 7.05. The zero-order chi connectivity index (χ0) is 12.9. The van der Waals surface area contributed by atoms with Gasteiger partial charge < -0.3 is 9.58 Å². The van der Waals surface area contributed by atoms with Crippen LogP contribution < -0.4 is 4.74 Å². The monoisotopic (exact) mass is 231 g/mol. The fraction of sp³-hybridized carbons (Fsp3) is 0.533. The third-order valence-electron chi connectivity index (χ3n) is 2.84. The number of nitrogens with zero attached hydrogens (tertiary/aromatic N) is 1. The maximum Gasteiger partial charge on any atom is 0.227 e. The molecule has 0 amide bonds. The summed E-state index contributed by atoms with van der Waals surface area (Å²) in [5, 5.41) is 0. The van der Waals surface area contributed by atoms with E-state index in [4.69, 9.17) is 11.3 Å². The highest BCUT2D eigenvalue weighted by Crippen LogP contribution is 2.21. The molecular formula is C15H21NO. The quantitative estimate of drug-likeness (QED) is 0.548. The van der Waals surface area contributed by atoms with Crippen LogP contribution in [0.4, 0.5) is 0 Å². The molecule has 2 nitrogen and oxygen atoms in total. The standard InChI is InChI=1S/C15H21NO/c1-12-7-8-13(2)14(11-12)17-10-6-9-15(3,4)16-5/h7-8,11H,6,9-10H2,1-4H3. The topological polar surface area (TPSA) is 13.6 Å². The molecular weight excluding hydrogens is 210 g/mol. The Bertz CT molecular complexity index is 415. The molecule has 0 N–H and O–H groups in total. The van der Waals surface area contributed by atoms with E-state index in [0.717, 1.165) is 18.6 Å². The van der Waals surface area contributed by atoms with Crippen molar-refractivity contribution in [2.75, 3.05) is 6.61 Å². The van der Waals surface area contributed by atoms with E-state index in [2.05, 4.69) is 36.9 Å². The largest absolute Gasteiger partial charge is 0.493 e. The summed E-state index contributed by atoms with van der Waals surface area (Å²) in [5.41, 5.74) is 2.12. The van der Waals surface area contributed by atoms with E-state index in [0.29, 0.717) is 6.61 Å². The second kappa shape index (κ2) is 5.72. The van der Waals surface area contributed by atoms with Crippen LogP contribution in [0.5, 0.6) is 5.75 Å². The Kier molecular flexibility index (Phi) is 4.57.